The van der Waals surface area contributed by atoms with Gasteiger partial charge in [0.15, 0.2) is 0 Å². The first-order valence-corrected chi connectivity index (χ1v) is 7.71. The van der Waals surface area contributed by atoms with Crippen molar-refractivity contribution in [1.29, 1.82) is 0 Å². The Kier molecular flexibility index (Phi) is 7.58. The van der Waals surface area contributed by atoms with Crippen LogP contribution in [-0.4, -0.2) is 53.0 Å². The van der Waals surface area contributed by atoms with Crippen molar-refractivity contribution in [1.82, 2.24) is 9.80 Å². The van der Waals surface area contributed by atoms with E-state index in [0.717, 1.165) is 38.8 Å². The number of rotatable bonds is 9. The molecule has 5 nitrogen and oxygen atoms in total. The highest BCUT2D eigenvalue weighted by molar-refractivity contribution is 5.88. The Labute approximate surface area is 126 Å². The fraction of sp³-hybridized carbons (Fsp3) is 0.625. The van der Waals surface area contributed by atoms with Gasteiger partial charge < -0.3 is 14.9 Å². The minimum Gasteiger partial charge on any atom is -0.478 e. The molecular formula is C16H26N2O3. The highest BCUT2D eigenvalue weighted by atomic mass is 16.4. The van der Waals surface area contributed by atoms with Crippen LogP contribution in [0.3, 0.4) is 0 Å². The van der Waals surface area contributed by atoms with Crippen LogP contribution in [0.4, 0.5) is 0 Å². The van der Waals surface area contributed by atoms with E-state index in [9.17, 15) is 9.59 Å². The zero-order valence-corrected chi connectivity index (χ0v) is 13.0. The fourth-order valence-electron chi connectivity index (χ4n) is 2.19. The molecule has 1 heterocycles. The zero-order chi connectivity index (χ0) is 15.7. The molecule has 0 aromatic carbocycles. The van der Waals surface area contributed by atoms with Crippen molar-refractivity contribution in [3.05, 3.63) is 23.9 Å². The monoisotopic (exact) mass is 294 g/mol. The molecule has 1 N–H and O–H groups in total. The molecule has 0 bridgehead atoms. The molecule has 1 aliphatic heterocycles. The highest BCUT2D eigenvalue weighted by Crippen LogP contribution is 2.09. The van der Waals surface area contributed by atoms with Crippen LogP contribution in [0, 0.1) is 0 Å². The molecule has 0 saturated carbocycles. The van der Waals surface area contributed by atoms with E-state index in [4.69, 9.17) is 5.11 Å². The summed E-state index contributed by atoms with van der Waals surface area (Å²) in [7, 11) is 0. The number of hydrogen-bond acceptors (Lipinski definition) is 3. The number of unbranched alkanes of at least 4 members (excludes halogenated alkanes) is 2. The van der Waals surface area contributed by atoms with Crippen LogP contribution in [0.1, 0.15) is 39.5 Å². The van der Waals surface area contributed by atoms with Gasteiger partial charge in [0.1, 0.15) is 0 Å². The third-order valence-electron chi connectivity index (χ3n) is 3.50. The van der Waals surface area contributed by atoms with Crippen LogP contribution in [0.5, 0.6) is 0 Å². The van der Waals surface area contributed by atoms with Gasteiger partial charge in [-0.05, 0) is 31.2 Å². The maximum Gasteiger partial charge on any atom is 0.333 e. The molecule has 1 amide bonds. The highest BCUT2D eigenvalue weighted by Gasteiger charge is 2.19. The lowest BCUT2D eigenvalue weighted by Gasteiger charge is -2.28. The van der Waals surface area contributed by atoms with Crippen LogP contribution in [0.2, 0.25) is 0 Å². The van der Waals surface area contributed by atoms with Gasteiger partial charge in [0.25, 0.3) is 0 Å². The van der Waals surface area contributed by atoms with Crippen LogP contribution in [0.25, 0.3) is 0 Å². The lowest BCUT2D eigenvalue weighted by atomic mass is 10.2. The number of amides is 1. The first-order chi connectivity index (χ1) is 10.1. The predicted molar refractivity (Wildman–Crippen MR) is 82.8 cm³/mol. The van der Waals surface area contributed by atoms with Crippen molar-refractivity contribution in [2.75, 3.05) is 26.2 Å². The Morgan fingerprint density at radius 3 is 2.38 bits per heavy atom. The molecule has 0 atom stereocenters. The number of carbonyl (C=O) groups is 2. The Morgan fingerprint density at radius 2 is 1.86 bits per heavy atom. The summed E-state index contributed by atoms with van der Waals surface area (Å²) in [5, 5.41) is 9.01. The molecule has 118 valence electrons. The van der Waals surface area contributed by atoms with E-state index >= 15 is 0 Å². The summed E-state index contributed by atoms with van der Waals surface area (Å²) in [5.74, 6) is -0.848. The SMILES string of the molecule is CCCCN(CCCC)C(=O)CN1C=CC=C(C(=O)O)C1. The summed E-state index contributed by atoms with van der Waals surface area (Å²) in [4.78, 5) is 27.0. The topological polar surface area (TPSA) is 60.9 Å². The number of carboxylic acid groups (broad SMARTS) is 1. The van der Waals surface area contributed by atoms with Gasteiger partial charge in [0.2, 0.25) is 5.91 Å². The van der Waals surface area contributed by atoms with Crippen LogP contribution < -0.4 is 0 Å². The second-order valence-electron chi connectivity index (χ2n) is 5.33. The third-order valence-corrected chi connectivity index (χ3v) is 3.50. The van der Waals surface area contributed by atoms with Crippen LogP contribution in [-0.2, 0) is 9.59 Å². The molecule has 1 aliphatic rings. The molecule has 0 unspecified atom stereocenters. The number of aliphatic carboxylic acids is 1. The molecule has 21 heavy (non-hydrogen) atoms. The van der Waals surface area contributed by atoms with Crippen molar-refractivity contribution in [3.8, 4) is 0 Å². The zero-order valence-electron chi connectivity index (χ0n) is 13.0. The average molecular weight is 294 g/mol. The van der Waals surface area contributed by atoms with E-state index in [2.05, 4.69) is 13.8 Å². The van der Waals surface area contributed by atoms with Crippen molar-refractivity contribution < 1.29 is 14.7 Å². The summed E-state index contributed by atoms with van der Waals surface area (Å²) in [6.45, 7) is 6.32. The van der Waals surface area contributed by atoms with Gasteiger partial charge in [-0.3, -0.25) is 4.79 Å². The lowest BCUT2D eigenvalue weighted by molar-refractivity contribution is -0.134. The number of hydrogen-bond donors (Lipinski definition) is 1. The minimum atomic E-state index is -0.925. The van der Waals surface area contributed by atoms with Gasteiger partial charge in [-0.25, -0.2) is 4.79 Å². The maximum atomic E-state index is 12.4. The van der Waals surface area contributed by atoms with Crippen LogP contribution >= 0.6 is 0 Å². The van der Waals surface area contributed by atoms with E-state index in [0.29, 0.717) is 5.57 Å². The molecule has 0 radical (unpaired) electrons. The molecule has 5 heteroatoms. The Bertz CT molecular complexity index is 408. The van der Waals surface area contributed by atoms with E-state index in [1.165, 1.54) is 0 Å². The fourth-order valence-corrected chi connectivity index (χ4v) is 2.19. The largest absolute Gasteiger partial charge is 0.478 e. The Hall–Kier alpha value is -1.78. The van der Waals surface area contributed by atoms with Gasteiger partial charge in [-0.2, -0.15) is 0 Å². The van der Waals surface area contributed by atoms with Gasteiger partial charge in [-0.15, -0.1) is 0 Å². The Balaban J connectivity index is 2.54. The number of carboxylic acids is 1. The van der Waals surface area contributed by atoms with Gasteiger partial charge >= 0.3 is 5.97 Å². The predicted octanol–water partition coefficient (Wildman–Crippen LogP) is 2.26. The smallest absolute Gasteiger partial charge is 0.333 e. The first kappa shape index (κ1) is 17.3. The maximum absolute atomic E-state index is 12.4. The molecule has 0 spiro atoms. The summed E-state index contributed by atoms with van der Waals surface area (Å²) >= 11 is 0. The molecule has 1 rings (SSSR count). The number of allylic oxidation sites excluding steroid dienone is 2. The normalized spacial score (nSPS) is 14.0. The van der Waals surface area contributed by atoms with E-state index in [-0.39, 0.29) is 19.0 Å². The van der Waals surface area contributed by atoms with Crippen molar-refractivity contribution in [2.45, 2.75) is 39.5 Å². The molecule has 0 aromatic heterocycles. The van der Waals surface area contributed by atoms with Crippen molar-refractivity contribution in [2.24, 2.45) is 0 Å². The quantitative estimate of drug-likeness (QED) is 0.708. The average Bonchev–Trinajstić information content (AvgIpc) is 2.47. The van der Waals surface area contributed by atoms with E-state index < -0.39 is 5.97 Å². The molecule has 0 aliphatic carbocycles. The van der Waals surface area contributed by atoms with E-state index in [1.54, 1.807) is 23.3 Å². The molecule has 0 saturated heterocycles. The van der Waals surface area contributed by atoms with Crippen LogP contribution in [0.15, 0.2) is 23.9 Å². The molecule has 0 fully saturated rings. The number of nitrogens with zero attached hydrogens (tertiary/aromatic N) is 2. The lowest BCUT2D eigenvalue weighted by Crippen LogP contribution is -2.41. The van der Waals surface area contributed by atoms with Crippen molar-refractivity contribution >= 4 is 11.9 Å². The summed E-state index contributed by atoms with van der Waals surface area (Å²) < 4.78 is 0. The van der Waals surface area contributed by atoms with Gasteiger partial charge in [0, 0.05) is 13.1 Å². The summed E-state index contributed by atoms with van der Waals surface area (Å²) in [6.07, 6.45) is 9.17. The van der Waals surface area contributed by atoms with Gasteiger partial charge in [-0.1, -0.05) is 26.7 Å². The number of carbonyl (C=O) groups excluding carboxylic acids is 1. The third kappa shape index (κ3) is 6.02. The minimum absolute atomic E-state index is 0.0770. The Morgan fingerprint density at radius 1 is 1.24 bits per heavy atom. The van der Waals surface area contributed by atoms with Gasteiger partial charge in [0.05, 0.1) is 18.7 Å². The second kappa shape index (κ2) is 9.21. The molecule has 0 aromatic rings. The van der Waals surface area contributed by atoms with E-state index in [1.807, 2.05) is 4.90 Å². The first-order valence-electron chi connectivity index (χ1n) is 7.71. The van der Waals surface area contributed by atoms with Crippen molar-refractivity contribution in [3.63, 3.8) is 0 Å². The standard InChI is InChI=1S/C16H26N2O3/c1-3-5-10-18(11-6-4-2)15(19)13-17-9-7-8-14(12-17)16(20)21/h7-9H,3-6,10-13H2,1-2H3,(H,20,21). The molecular weight excluding hydrogens is 268 g/mol. The summed E-state index contributed by atoms with van der Waals surface area (Å²) in [5.41, 5.74) is 0.318. The summed E-state index contributed by atoms with van der Waals surface area (Å²) in [6, 6.07) is 0. The second-order valence-corrected chi connectivity index (χ2v) is 5.33.